The Hall–Kier alpha value is -1.31. The summed E-state index contributed by atoms with van der Waals surface area (Å²) in [7, 11) is -3.81. The largest absolute Gasteiger partial charge is 0.398 e. The lowest BCUT2D eigenvalue weighted by molar-refractivity contribution is -0.126. The van der Waals surface area contributed by atoms with Gasteiger partial charge in [0.1, 0.15) is 10.9 Å². The Balaban J connectivity index is 2.45. The van der Waals surface area contributed by atoms with Crippen LogP contribution in [-0.4, -0.2) is 37.8 Å². The predicted molar refractivity (Wildman–Crippen MR) is 76.8 cm³/mol. The topological polar surface area (TPSA) is 92.5 Å². The maximum Gasteiger partial charge on any atom is 0.245 e. The zero-order valence-corrected chi connectivity index (χ0v) is 12.5. The second kappa shape index (κ2) is 5.59. The van der Waals surface area contributed by atoms with Crippen LogP contribution >= 0.6 is 11.6 Å². The van der Waals surface area contributed by atoms with Gasteiger partial charge in [0, 0.05) is 18.1 Å². The van der Waals surface area contributed by atoms with Crippen molar-refractivity contribution in [1.29, 1.82) is 0 Å². The minimum Gasteiger partial charge on any atom is -0.398 e. The Morgan fingerprint density at radius 2 is 2.20 bits per heavy atom. The normalized spacial score (nSPS) is 20.7. The molecule has 1 fully saturated rings. The van der Waals surface area contributed by atoms with Gasteiger partial charge in [-0.05, 0) is 24.6 Å². The van der Waals surface area contributed by atoms with E-state index in [4.69, 9.17) is 17.3 Å². The van der Waals surface area contributed by atoms with Gasteiger partial charge in [-0.2, -0.15) is 4.31 Å². The second-order valence-electron chi connectivity index (χ2n) is 4.51. The molecule has 1 amide bonds. The van der Waals surface area contributed by atoms with Gasteiger partial charge < -0.3 is 11.1 Å². The van der Waals surface area contributed by atoms with Crippen molar-refractivity contribution in [1.82, 2.24) is 9.62 Å². The standard InChI is InChI=1S/C12H16ClN3O3S/c1-2-10-12(17)15-5-6-16(10)20(18,19)11-4-3-8(13)7-9(11)14/h3-4,7,10H,2,5-6,14H2,1H3,(H,15,17). The highest BCUT2D eigenvalue weighted by Gasteiger charge is 2.38. The van der Waals surface area contributed by atoms with Gasteiger partial charge in [0.15, 0.2) is 0 Å². The first kappa shape index (κ1) is 15.1. The number of carbonyl (C=O) groups excluding carboxylic acids is 1. The molecular formula is C12H16ClN3O3S. The number of rotatable bonds is 3. The molecule has 0 spiro atoms. The number of anilines is 1. The van der Waals surface area contributed by atoms with Gasteiger partial charge in [-0.1, -0.05) is 18.5 Å². The van der Waals surface area contributed by atoms with Gasteiger partial charge in [-0.25, -0.2) is 8.42 Å². The smallest absolute Gasteiger partial charge is 0.245 e. The summed E-state index contributed by atoms with van der Waals surface area (Å²) >= 11 is 5.78. The molecule has 1 heterocycles. The number of piperazine rings is 1. The van der Waals surface area contributed by atoms with Crippen molar-refractivity contribution in [3.8, 4) is 0 Å². The average Bonchev–Trinajstić information content (AvgIpc) is 2.37. The SMILES string of the molecule is CCC1C(=O)NCCN1S(=O)(=O)c1ccc(Cl)cc1N. The molecule has 0 bridgehead atoms. The van der Waals surface area contributed by atoms with Crippen LogP contribution in [0.15, 0.2) is 23.1 Å². The molecule has 8 heteroatoms. The van der Waals surface area contributed by atoms with E-state index >= 15 is 0 Å². The van der Waals surface area contributed by atoms with Gasteiger partial charge in [0.25, 0.3) is 0 Å². The quantitative estimate of drug-likeness (QED) is 0.807. The summed E-state index contributed by atoms with van der Waals surface area (Å²) in [5, 5.41) is 3.03. The molecule has 20 heavy (non-hydrogen) atoms. The molecule has 0 saturated carbocycles. The van der Waals surface area contributed by atoms with Crippen molar-refractivity contribution in [3.05, 3.63) is 23.2 Å². The summed E-state index contributed by atoms with van der Waals surface area (Å²) in [6.07, 6.45) is 0.401. The van der Waals surface area contributed by atoms with Crippen LogP contribution in [0.3, 0.4) is 0 Å². The number of nitrogens with one attached hydrogen (secondary N) is 1. The average molecular weight is 318 g/mol. The van der Waals surface area contributed by atoms with E-state index in [1.807, 2.05) is 0 Å². The Morgan fingerprint density at radius 1 is 1.50 bits per heavy atom. The van der Waals surface area contributed by atoms with E-state index in [2.05, 4.69) is 5.32 Å². The third-order valence-electron chi connectivity index (χ3n) is 3.23. The molecule has 110 valence electrons. The number of nitrogens with two attached hydrogens (primary N) is 1. The number of nitrogens with zero attached hydrogens (tertiary/aromatic N) is 1. The number of hydrogen-bond acceptors (Lipinski definition) is 4. The number of nitrogen functional groups attached to an aromatic ring is 1. The van der Waals surface area contributed by atoms with E-state index in [1.54, 1.807) is 6.92 Å². The molecule has 1 atom stereocenters. The van der Waals surface area contributed by atoms with Crippen LogP contribution in [0.1, 0.15) is 13.3 Å². The molecule has 0 aromatic heterocycles. The summed E-state index contributed by atoms with van der Waals surface area (Å²) in [6, 6.07) is 3.52. The number of sulfonamides is 1. The zero-order valence-electron chi connectivity index (χ0n) is 11.0. The fraction of sp³-hybridized carbons (Fsp3) is 0.417. The molecule has 1 aromatic carbocycles. The molecule has 1 saturated heterocycles. The number of carbonyl (C=O) groups is 1. The minimum atomic E-state index is -3.81. The van der Waals surface area contributed by atoms with Crippen molar-refractivity contribution in [2.45, 2.75) is 24.3 Å². The lowest BCUT2D eigenvalue weighted by Gasteiger charge is -2.33. The lowest BCUT2D eigenvalue weighted by Crippen LogP contribution is -2.56. The van der Waals surface area contributed by atoms with Gasteiger partial charge in [0.2, 0.25) is 15.9 Å². The van der Waals surface area contributed by atoms with Gasteiger partial charge in [0.05, 0.1) is 5.69 Å². The highest BCUT2D eigenvalue weighted by molar-refractivity contribution is 7.89. The van der Waals surface area contributed by atoms with Crippen molar-refractivity contribution in [2.24, 2.45) is 0 Å². The highest BCUT2D eigenvalue weighted by atomic mass is 35.5. The monoisotopic (exact) mass is 317 g/mol. The van der Waals surface area contributed by atoms with Gasteiger partial charge in [-0.3, -0.25) is 4.79 Å². The Labute approximate surface area is 122 Å². The van der Waals surface area contributed by atoms with E-state index in [0.29, 0.717) is 18.0 Å². The Morgan fingerprint density at radius 3 is 2.80 bits per heavy atom. The summed E-state index contributed by atoms with van der Waals surface area (Å²) in [5.74, 6) is -0.283. The summed E-state index contributed by atoms with van der Waals surface area (Å²) in [6.45, 7) is 2.29. The molecule has 1 aromatic rings. The molecule has 2 rings (SSSR count). The summed E-state index contributed by atoms with van der Waals surface area (Å²) in [5.41, 5.74) is 5.83. The second-order valence-corrected chi connectivity index (χ2v) is 6.81. The van der Waals surface area contributed by atoms with Crippen LogP contribution in [0.25, 0.3) is 0 Å². The van der Waals surface area contributed by atoms with Crippen molar-refractivity contribution in [3.63, 3.8) is 0 Å². The van der Waals surface area contributed by atoms with E-state index in [-0.39, 0.29) is 23.0 Å². The minimum absolute atomic E-state index is 0.0185. The maximum atomic E-state index is 12.7. The van der Waals surface area contributed by atoms with E-state index in [0.717, 1.165) is 0 Å². The molecular weight excluding hydrogens is 302 g/mol. The maximum absolute atomic E-state index is 12.7. The number of benzene rings is 1. The van der Waals surface area contributed by atoms with Gasteiger partial charge >= 0.3 is 0 Å². The van der Waals surface area contributed by atoms with E-state index < -0.39 is 16.1 Å². The number of amides is 1. The molecule has 6 nitrogen and oxygen atoms in total. The van der Waals surface area contributed by atoms with Crippen molar-refractivity contribution < 1.29 is 13.2 Å². The first-order valence-corrected chi connectivity index (χ1v) is 8.04. The molecule has 1 aliphatic heterocycles. The molecule has 3 N–H and O–H groups in total. The predicted octanol–water partition coefficient (Wildman–Crippen LogP) is 0.821. The van der Waals surface area contributed by atoms with Crippen LogP contribution in [0.4, 0.5) is 5.69 Å². The van der Waals surface area contributed by atoms with Crippen LogP contribution in [-0.2, 0) is 14.8 Å². The highest BCUT2D eigenvalue weighted by Crippen LogP contribution is 2.27. The third kappa shape index (κ3) is 2.61. The first-order chi connectivity index (χ1) is 9.37. The lowest BCUT2D eigenvalue weighted by atomic mass is 10.2. The molecule has 1 unspecified atom stereocenters. The van der Waals surface area contributed by atoms with E-state index in [9.17, 15) is 13.2 Å². The van der Waals surface area contributed by atoms with Crippen molar-refractivity contribution >= 4 is 33.2 Å². The summed E-state index contributed by atoms with van der Waals surface area (Å²) in [4.78, 5) is 11.8. The Bertz CT molecular complexity index is 633. The fourth-order valence-electron chi connectivity index (χ4n) is 2.25. The molecule has 0 radical (unpaired) electrons. The van der Waals surface area contributed by atoms with E-state index in [1.165, 1.54) is 22.5 Å². The van der Waals surface area contributed by atoms with Gasteiger partial charge in [-0.15, -0.1) is 0 Å². The molecule has 0 aliphatic carbocycles. The van der Waals surface area contributed by atoms with Crippen LogP contribution in [0, 0.1) is 0 Å². The van der Waals surface area contributed by atoms with Crippen LogP contribution in [0.5, 0.6) is 0 Å². The van der Waals surface area contributed by atoms with Crippen LogP contribution < -0.4 is 11.1 Å². The fourth-order valence-corrected chi connectivity index (χ4v) is 4.19. The van der Waals surface area contributed by atoms with Crippen LogP contribution in [0.2, 0.25) is 5.02 Å². The zero-order chi connectivity index (χ0) is 14.9. The molecule has 1 aliphatic rings. The summed E-state index contributed by atoms with van der Waals surface area (Å²) < 4.78 is 26.5. The third-order valence-corrected chi connectivity index (χ3v) is 5.44. The van der Waals surface area contributed by atoms with Crippen molar-refractivity contribution in [2.75, 3.05) is 18.8 Å². The number of halogens is 1. The number of hydrogen-bond donors (Lipinski definition) is 2. The Kier molecular flexibility index (Phi) is 4.22. The first-order valence-electron chi connectivity index (χ1n) is 6.22.